The molecule has 0 aliphatic heterocycles. The molecule has 0 aromatic heterocycles. The second kappa shape index (κ2) is 9.14. The minimum atomic E-state index is -1.10. The number of nitrogens with one attached hydrogen (secondary N) is 2. The first-order chi connectivity index (χ1) is 12.8. The molecule has 27 heavy (non-hydrogen) atoms. The summed E-state index contributed by atoms with van der Waals surface area (Å²) >= 11 is 5.76. The highest BCUT2D eigenvalue weighted by atomic mass is 35.5. The van der Waals surface area contributed by atoms with Gasteiger partial charge in [-0.2, -0.15) is 0 Å². The summed E-state index contributed by atoms with van der Waals surface area (Å²) in [6, 6.07) is 10.4. The number of carbonyl (C=O) groups is 3. The van der Waals surface area contributed by atoms with Gasteiger partial charge in [0, 0.05) is 16.3 Å². The minimum absolute atomic E-state index is 0.334. The number of benzene rings is 2. The number of hydrogen-bond donors (Lipinski definition) is 2. The van der Waals surface area contributed by atoms with Crippen LogP contribution in [-0.4, -0.2) is 29.9 Å². The Hall–Kier alpha value is -2.93. The fraction of sp³-hybridized carbons (Fsp3) is 0.211. The first kappa shape index (κ1) is 20.4. The molecule has 2 aromatic carbocycles. The van der Waals surface area contributed by atoms with E-state index in [9.17, 15) is 18.8 Å². The van der Waals surface area contributed by atoms with Crippen molar-refractivity contribution >= 4 is 35.1 Å². The first-order valence-electron chi connectivity index (χ1n) is 8.09. The Morgan fingerprint density at radius 3 is 2.19 bits per heavy atom. The van der Waals surface area contributed by atoms with Crippen molar-refractivity contribution in [1.82, 2.24) is 5.32 Å². The van der Waals surface area contributed by atoms with Gasteiger partial charge in [-0.05, 0) is 62.4 Å². The van der Waals surface area contributed by atoms with E-state index in [1.807, 2.05) is 0 Å². The van der Waals surface area contributed by atoms with Crippen LogP contribution >= 0.6 is 11.6 Å². The Labute approximate surface area is 160 Å². The van der Waals surface area contributed by atoms with E-state index >= 15 is 0 Å². The van der Waals surface area contributed by atoms with E-state index in [1.54, 1.807) is 12.1 Å². The third-order valence-electron chi connectivity index (χ3n) is 3.58. The summed E-state index contributed by atoms with van der Waals surface area (Å²) < 4.78 is 17.9. The fourth-order valence-electron chi connectivity index (χ4n) is 2.05. The number of hydrogen-bond acceptors (Lipinski definition) is 4. The van der Waals surface area contributed by atoms with Crippen LogP contribution in [0.3, 0.4) is 0 Å². The summed E-state index contributed by atoms with van der Waals surface area (Å²) in [6.07, 6.45) is -1.10. The molecule has 8 heteroatoms. The maximum Gasteiger partial charge on any atom is 0.329 e. The molecule has 2 amide bonds. The molecular formula is C19H18ClFN2O4. The molecule has 2 aromatic rings. The summed E-state index contributed by atoms with van der Waals surface area (Å²) in [5.41, 5.74) is 0.703. The van der Waals surface area contributed by atoms with Gasteiger partial charge >= 0.3 is 5.97 Å². The fourth-order valence-corrected chi connectivity index (χ4v) is 2.17. The molecule has 0 aliphatic carbocycles. The molecule has 0 aliphatic rings. The molecule has 0 radical (unpaired) electrons. The summed E-state index contributed by atoms with van der Waals surface area (Å²) in [5, 5.41) is 5.47. The van der Waals surface area contributed by atoms with Crippen molar-refractivity contribution in [1.29, 1.82) is 0 Å². The minimum Gasteiger partial charge on any atom is -0.451 e. The van der Waals surface area contributed by atoms with Gasteiger partial charge in [0.1, 0.15) is 11.9 Å². The van der Waals surface area contributed by atoms with Crippen molar-refractivity contribution in [2.24, 2.45) is 0 Å². The van der Waals surface area contributed by atoms with Crippen LogP contribution in [0.1, 0.15) is 24.2 Å². The quantitative estimate of drug-likeness (QED) is 0.739. The summed E-state index contributed by atoms with van der Waals surface area (Å²) in [4.78, 5) is 36.2. The average molecular weight is 393 g/mol. The molecule has 0 bridgehead atoms. The van der Waals surface area contributed by atoms with Crippen molar-refractivity contribution in [3.05, 3.63) is 64.9 Å². The van der Waals surface area contributed by atoms with Crippen LogP contribution in [0.25, 0.3) is 0 Å². The third kappa shape index (κ3) is 6.07. The van der Waals surface area contributed by atoms with E-state index in [-0.39, 0.29) is 0 Å². The van der Waals surface area contributed by atoms with Crippen molar-refractivity contribution in [2.45, 2.75) is 26.0 Å². The summed E-state index contributed by atoms with van der Waals surface area (Å²) in [7, 11) is 0. The Morgan fingerprint density at radius 1 is 1.00 bits per heavy atom. The Balaban J connectivity index is 1.86. The second-order valence-corrected chi connectivity index (χ2v) is 6.21. The number of ether oxygens (including phenoxy) is 1. The van der Waals surface area contributed by atoms with Gasteiger partial charge in [-0.3, -0.25) is 9.59 Å². The Morgan fingerprint density at radius 2 is 1.59 bits per heavy atom. The zero-order valence-corrected chi connectivity index (χ0v) is 15.4. The smallest absolute Gasteiger partial charge is 0.329 e. The molecule has 6 nitrogen and oxygen atoms in total. The number of carbonyl (C=O) groups excluding carboxylic acids is 3. The number of halogens is 2. The van der Waals surface area contributed by atoms with Gasteiger partial charge in [-0.25, -0.2) is 9.18 Å². The number of rotatable bonds is 6. The molecular weight excluding hydrogens is 375 g/mol. The zero-order chi connectivity index (χ0) is 20.0. The van der Waals surface area contributed by atoms with E-state index in [1.165, 1.54) is 50.2 Å². The predicted octanol–water partition coefficient (Wildman–Crippen LogP) is 3.17. The summed E-state index contributed by atoms with van der Waals surface area (Å²) in [5.74, 6) is -2.25. The third-order valence-corrected chi connectivity index (χ3v) is 3.83. The normalized spacial score (nSPS) is 12.6. The molecule has 2 atom stereocenters. The van der Waals surface area contributed by atoms with Crippen LogP contribution in [0.15, 0.2) is 48.5 Å². The second-order valence-electron chi connectivity index (χ2n) is 5.78. The van der Waals surface area contributed by atoms with Crippen molar-refractivity contribution in [2.75, 3.05) is 5.32 Å². The highest BCUT2D eigenvalue weighted by Crippen LogP contribution is 2.11. The van der Waals surface area contributed by atoms with Crippen molar-refractivity contribution < 1.29 is 23.5 Å². The summed E-state index contributed by atoms with van der Waals surface area (Å²) in [6.45, 7) is 2.84. The molecule has 0 spiro atoms. The van der Waals surface area contributed by atoms with Gasteiger partial charge in [0.2, 0.25) is 0 Å². The van der Waals surface area contributed by atoms with Crippen molar-refractivity contribution in [3.63, 3.8) is 0 Å². The van der Waals surface area contributed by atoms with Gasteiger partial charge < -0.3 is 15.4 Å². The van der Waals surface area contributed by atoms with Crippen LogP contribution in [0.4, 0.5) is 10.1 Å². The monoisotopic (exact) mass is 392 g/mol. The van der Waals surface area contributed by atoms with Gasteiger partial charge in [0.25, 0.3) is 11.8 Å². The molecule has 2 N–H and O–H groups in total. The average Bonchev–Trinajstić information content (AvgIpc) is 2.63. The van der Waals surface area contributed by atoms with Crippen LogP contribution < -0.4 is 10.6 Å². The molecule has 0 fully saturated rings. The molecule has 142 valence electrons. The van der Waals surface area contributed by atoms with E-state index in [4.69, 9.17) is 16.3 Å². The Kier molecular flexibility index (Phi) is 6.90. The van der Waals surface area contributed by atoms with Gasteiger partial charge in [-0.15, -0.1) is 0 Å². The van der Waals surface area contributed by atoms with Gasteiger partial charge in [-0.1, -0.05) is 11.6 Å². The maximum atomic E-state index is 12.9. The van der Waals surface area contributed by atoms with Crippen LogP contribution in [0.2, 0.25) is 5.02 Å². The molecule has 0 saturated heterocycles. The topological polar surface area (TPSA) is 84.5 Å². The van der Waals surface area contributed by atoms with Crippen LogP contribution in [0.5, 0.6) is 0 Å². The van der Waals surface area contributed by atoms with E-state index in [2.05, 4.69) is 10.6 Å². The lowest BCUT2D eigenvalue weighted by molar-refractivity contribution is -0.154. The highest BCUT2D eigenvalue weighted by Gasteiger charge is 2.23. The van der Waals surface area contributed by atoms with E-state index in [0.29, 0.717) is 16.3 Å². The van der Waals surface area contributed by atoms with Gasteiger partial charge in [0.15, 0.2) is 6.10 Å². The van der Waals surface area contributed by atoms with Crippen molar-refractivity contribution in [3.8, 4) is 0 Å². The van der Waals surface area contributed by atoms with E-state index in [0.717, 1.165) is 0 Å². The number of anilines is 1. The SMILES string of the molecule is C[C@H](NC(=O)c1ccc(Cl)cc1)C(=O)O[C@@H](C)C(=O)Nc1ccc(F)cc1. The molecule has 0 saturated carbocycles. The standard InChI is InChI=1S/C19H18ClFN2O4/c1-11(22-18(25)13-3-5-14(20)6-4-13)19(26)27-12(2)17(24)23-16-9-7-15(21)8-10-16/h3-12H,1-2H3,(H,22,25)(H,23,24)/t11-,12-/m0/s1. The van der Waals surface area contributed by atoms with E-state index < -0.39 is 35.7 Å². The lowest BCUT2D eigenvalue weighted by Gasteiger charge is -2.17. The lowest BCUT2D eigenvalue weighted by Crippen LogP contribution is -2.42. The largest absolute Gasteiger partial charge is 0.451 e. The predicted molar refractivity (Wildman–Crippen MR) is 99.0 cm³/mol. The van der Waals surface area contributed by atoms with Crippen LogP contribution in [-0.2, 0) is 14.3 Å². The number of esters is 1. The molecule has 2 rings (SSSR count). The highest BCUT2D eigenvalue weighted by molar-refractivity contribution is 6.30. The van der Waals surface area contributed by atoms with Gasteiger partial charge in [0.05, 0.1) is 0 Å². The number of amides is 2. The zero-order valence-electron chi connectivity index (χ0n) is 14.7. The lowest BCUT2D eigenvalue weighted by atomic mass is 10.2. The van der Waals surface area contributed by atoms with Crippen LogP contribution in [0, 0.1) is 5.82 Å². The molecule has 0 heterocycles. The molecule has 0 unspecified atom stereocenters. The first-order valence-corrected chi connectivity index (χ1v) is 8.47. The maximum absolute atomic E-state index is 12.9. The Bertz CT molecular complexity index is 825.